The minimum atomic E-state index is -0.253. The molecule has 0 aromatic heterocycles. The van der Waals surface area contributed by atoms with E-state index in [9.17, 15) is 15.0 Å². The van der Waals surface area contributed by atoms with Crippen molar-refractivity contribution in [3.63, 3.8) is 0 Å². The highest BCUT2D eigenvalue weighted by Crippen LogP contribution is 2.21. The number of aromatic hydroxyl groups is 2. The third-order valence-electron chi connectivity index (χ3n) is 2.86. The summed E-state index contributed by atoms with van der Waals surface area (Å²) in [5.41, 5.74) is 3.75. The summed E-state index contributed by atoms with van der Waals surface area (Å²) < 4.78 is 0. The molecule has 0 heterocycles. The topological polar surface area (TPSA) is 81.9 Å². The zero-order valence-electron chi connectivity index (χ0n) is 12.1. The predicted octanol–water partition coefficient (Wildman–Crippen LogP) is 3.13. The fourth-order valence-corrected chi connectivity index (χ4v) is 2.82. The van der Waals surface area contributed by atoms with Crippen LogP contribution in [0.2, 0.25) is 5.02 Å². The second-order valence-corrected chi connectivity index (χ2v) is 6.01. The van der Waals surface area contributed by atoms with Gasteiger partial charge in [0.05, 0.1) is 12.0 Å². The van der Waals surface area contributed by atoms with Gasteiger partial charge in [-0.25, -0.2) is 5.43 Å². The fourth-order valence-electron chi connectivity index (χ4n) is 1.72. The maximum absolute atomic E-state index is 11.7. The second-order valence-electron chi connectivity index (χ2n) is 4.62. The molecule has 23 heavy (non-hydrogen) atoms. The van der Waals surface area contributed by atoms with Gasteiger partial charge in [0, 0.05) is 22.4 Å². The Bertz CT molecular complexity index is 722. The molecule has 2 aromatic carbocycles. The van der Waals surface area contributed by atoms with Crippen molar-refractivity contribution in [2.24, 2.45) is 5.10 Å². The van der Waals surface area contributed by atoms with Crippen LogP contribution in [0.25, 0.3) is 0 Å². The van der Waals surface area contributed by atoms with Crippen molar-refractivity contribution in [1.82, 2.24) is 5.43 Å². The molecule has 2 aromatic rings. The Labute approximate surface area is 143 Å². The van der Waals surface area contributed by atoms with E-state index in [2.05, 4.69) is 10.5 Å². The van der Waals surface area contributed by atoms with Crippen LogP contribution in [-0.2, 0) is 10.5 Å². The van der Waals surface area contributed by atoms with Crippen LogP contribution in [0.1, 0.15) is 11.1 Å². The minimum Gasteiger partial charge on any atom is -0.508 e. The van der Waals surface area contributed by atoms with Gasteiger partial charge in [-0.2, -0.15) is 5.10 Å². The van der Waals surface area contributed by atoms with Crippen molar-refractivity contribution < 1.29 is 15.0 Å². The lowest BCUT2D eigenvalue weighted by atomic mass is 10.2. The largest absolute Gasteiger partial charge is 0.508 e. The molecule has 120 valence electrons. The molecule has 0 aliphatic heterocycles. The first-order valence-electron chi connectivity index (χ1n) is 6.71. The first-order chi connectivity index (χ1) is 11.1. The molecular formula is C16H15ClN2O3S. The Balaban J connectivity index is 1.77. The normalized spacial score (nSPS) is 10.8. The van der Waals surface area contributed by atoms with Gasteiger partial charge in [-0.3, -0.25) is 4.79 Å². The van der Waals surface area contributed by atoms with Crippen LogP contribution in [-0.4, -0.2) is 28.1 Å². The van der Waals surface area contributed by atoms with Crippen LogP contribution in [0.15, 0.2) is 47.6 Å². The number of rotatable bonds is 6. The molecule has 1 amide bonds. The van der Waals surface area contributed by atoms with Crippen molar-refractivity contribution in [1.29, 1.82) is 0 Å². The second kappa shape index (κ2) is 8.45. The minimum absolute atomic E-state index is 0.0420. The van der Waals surface area contributed by atoms with Gasteiger partial charge in [-0.05, 0) is 23.8 Å². The van der Waals surface area contributed by atoms with E-state index < -0.39 is 0 Å². The van der Waals surface area contributed by atoms with Gasteiger partial charge in [-0.1, -0.05) is 29.8 Å². The Morgan fingerprint density at radius 1 is 1.26 bits per heavy atom. The lowest BCUT2D eigenvalue weighted by Crippen LogP contribution is -2.19. The number of halogens is 1. The maximum atomic E-state index is 11.7. The van der Waals surface area contributed by atoms with Gasteiger partial charge in [0.1, 0.15) is 11.5 Å². The van der Waals surface area contributed by atoms with Gasteiger partial charge < -0.3 is 10.2 Å². The summed E-state index contributed by atoms with van der Waals surface area (Å²) in [6.45, 7) is 0. The Kier molecular flexibility index (Phi) is 6.31. The first kappa shape index (κ1) is 17.2. The molecule has 0 saturated heterocycles. The highest BCUT2D eigenvalue weighted by atomic mass is 35.5. The van der Waals surface area contributed by atoms with E-state index >= 15 is 0 Å². The van der Waals surface area contributed by atoms with Crippen molar-refractivity contribution in [2.45, 2.75) is 5.75 Å². The number of carbonyl (C=O) groups excluding carboxylic acids is 1. The summed E-state index contributed by atoms with van der Waals surface area (Å²) in [6.07, 6.45) is 1.31. The summed E-state index contributed by atoms with van der Waals surface area (Å²) >= 11 is 7.47. The number of amides is 1. The van der Waals surface area contributed by atoms with Crippen LogP contribution < -0.4 is 5.43 Å². The number of hydrazone groups is 1. The Morgan fingerprint density at radius 3 is 2.78 bits per heavy atom. The quantitative estimate of drug-likeness (QED) is 0.552. The summed E-state index contributed by atoms with van der Waals surface area (Å²) in [4.78, 5) is 11.7. The van der Waals surface area contributed by atoms with Crippen LogP contribution >= 0.6 is 23.4 Å². The van der Waals surface area contributed by atoms with E-state index in [0.29, 0.717) is 16.3 Å². The molecule has 0 fully saturated rings. The molecule has 5 nitrogen and oxygen atoms in total. The maximum Gasteiger partial charge on any atom is 0.250 e. The molecule has 2 rings (SSSR count). The number of phenols is 2. The lowest BCUT2D eigenvalue weighted by Gasteiger charge is -2.03. The molecule has 0 radical (unpaired) electrons. The van der Waals surface area contributed by atoms with Gasteiger partial charge in [0.15, 0.2) is 0 Å². The number of hydrogen-bond donors (Lipinski definition) is 3. The molecule has 0 unspecified atom stereocenters. The number of benzene rings is 2. The number of carbonyl (C=O) groups is 1. The molecule has 3 N–H and O–H groups in total. The molecule has 7 heteroatoms. The van der Waals surface area contributed by atoms with Crippen molar-refractivity contribution in [3.05, 3.63) is 58.6 Å². The molecular weight excluding hydrogens is 336 g/mol. The molecule has 0 bridgehead atoms. The zero-order valence-corrected chi connectivity index (χ0v) is 13.6. The smallest absolute Gasteiger partial charge is 0.250 e. The Hall–Kier alpha value is -2.18. The standard InChI is InChI=1S/C16H15ClN2O3S/c17-14-4-2-1-3-12(14)9-23-10-16(22)19-18-8-11-5-6-13(20)7-15(11)21/h1-8,20-21H,9-10H2,(H,19,22)/b18-8-. The van der Waals surface area contributed by atoms with Crippen LogP contribution in [0.3, 0.4) is 0 Å². The van der Waals surface area contributed by atoms with Gasteiger partial charge in [0.25, 0.3) is 0 Å². The number of nitrogens with one attached hydrogen (secondary N) is 1. The summed E-state index contributed by atoms with van der Waals surface area (Å²) in [7, 11) is 0. The van der Waals surface area contributed by atoms with Crippen molar-refractivity contribution in [3.8, 4) is 11.5 Å². The predicted molar refractivity (Wildman–Crippen MR) is 93.1 cm³/mol. The average Bonchev–Trinajstić information content (AvgIpc) is 2.51. The number of hydrogen-bond acceptors (Lipinski definition) is 5. The number of phenolic OH excluding ortho intramolecular Hbond substituents is 2. The molecule has 0 spiro atoms. The average molecular weight is 351 g/mol. The fraction of sp³-hybridized carbons (Fsp3) is 0.125. The number of thioether (sulfide) groups is 1. The third-order valence-corrected chi connectivity index (χ3v) is 4.21. The van der Waals surface area contributed by atoms with E-state index in [4.69, 9.17) is 11.6 Å². The van der Waals surface area contributed by atoms with Crippen LogP contribution in [0, 0.1) is 0 Å². The van der Waals surface area contributed by atoms with E-state index in [-0.39, 0.29) is 23.2 Å². The summed E-state index contributed by atoms with van der Waals surface area (Å²) in [6, 6.07) is 11.6. The van der Waals surface area contributed by atoms with E-state index in [1.807, 2.05) is 24.3 Å². The highest BCUT2D eigenvalue weighted by Gasteiger charge is 2.03. The Morgan fingerprint density at radius 2 is 2.04 bits per heavy atom. The van der Waals surface area contributed by atoms with Gasteiger partial charge in [-0.15, -0.1) is 11.8 Å². The number of nitrogens with zero attached hydrogens (tertiary/aromatic N) is 1. The molecule has 0 atom stereocenters. The van der Waals surface area contributed by atoms with Crippen LogP contribution in [0.4, 0.5) is 0 Å². The van der Waals surface area contributed by atoms with Crippen LogP contribution in [0.5, 0.6) is 11.5 Å². The summed E-state index contributed by atoms with van der Waals surface area (Å²) in [5, 5.41) is 23.2. The summed E-state index contributed by atoms with van der Waals surface area (Å²) in [5.74, 6) is 0.465. The lowest BCUT2D eigenvalue weighted by molar-refractivity contribution is -0.118. The van der Waals surface area contributed by atoms with E-state index in [0.717, 1.165) is 5.56 Å². The van der Waals surface area contributed by atoms with Gasteiger partial charge >= 0.3 is 0 Å². The zero-order chi connectivity index (χ0) is 16.7. The first-order valence-corrected chi connectivity index (χ1v) is 8.24. The monoisotopic (exact) mass is 350 g/mol. The van der Waals surface area contributed by atoms with E-state index in [1.54, 1.807) is 0 Å². The highest BCUT2D eigenvalue weighted by molar-refractivity contribution is 7.99. The molecule has 0 saturated carbocycles. The molecule has 0 aliphatic carbocycles. The van der Waals surface area contributed by atoms with Gasteiger partial charge in [0.2, 0.25) is 5.91 Å². The third kappa shape index (κ3) is 5.50. The van der Waals surface area contributed by atoms with Crippen molar-refractivity contribution >= 4 is 35.5 Å². The van der Waals surface area contributed by atoms with E-state index in [1.165, 1.54) is 36.2 Å². The SMILES string of the molecule is O=C(CSCc1ccccc1Cl)N/N=C\c1ccc(O)cc1O. The molecule has 0 aliphatic rings. The van der Waals surface area contributed by atoms with Crippen molar-refractivity contribution in [2.75, 3.05) is 5.75 Å².